The Balaban J connectivity index is 2.67. The molecule has 0 saturated carbocycles. The lowest BCUT2D eigenvalue weighted by molar-refractivity contribution is 0.244. The summed E-state index contributed by atoms with van der Waals surface area (Å²) in [5.74, 6) is -0.548. The Morgan fingerprint density at radius 3 is 2.50 bits per heavy atom. The van der Waals surface area contributed by atoms with E-state index >= 15 is 0 Å². The van der Waals surface area contributed by atoms with Gasteiger partial charge in [0.15, 0.2) is 0 Å². The van der Waals surface area contributed by atoms with Crippen molar-refractivity contribution in [3.8, 4) is 0 Å². The van der Waals surface area contributed by atoms with E-state index in [-0.39, 0.29) is 17.3 Å². The minimum Gasteiger partial charge on any atom is -0.396 e. The number of nitrogens with two attached hydrogens (primary N) is 1. The number of nitrogens with one attached hydrogen (secondary N) is 2. The van der Waals surface area contributed by atoms with Gasteiger partial charge in [-0.05, 0) is 39.0 Å². The van der Waals surface area contributed by atoms with Gasteiger partial charge in [-0.25, -0.2) is 9.18 Å². The fourth-order valence-corrected chi connectivity index (χ4v) is 1.11. The fraction of sp³-hybridized carbons (Fsp3) is 0.364. The molecule has 0 spiro atoms. The van der Waals surface area contributed by atoms with E-state index in [0.717, 1.165) is 0 Å². The summed E-state index contributed by atoms with van der Waals surface area (Å²) >= 11 is 0. The number of benzene rings is 1. The molecule has 0 aliphatic heterocycles. The highest BCUT2D eigenvalue weighted by Gasteiger charge is 2.13. The van der Waals surface area contributed by atoms with Crippen molar-refractivity contribution in [3.05, 3.63) is 24.0 Å². The second-order valence-electron chi connectivity index (χ2n) is 4.57. The van der Waals surface area contributed by atoms with E-state index in [1.165, 1.54) is 12.1 Å². The predicted octanol–water partition coefficient (Wildman–Crippen LogP) is 2.33. The minimum atomic E-state index is -0.548. The normalized spacial score (nSPS) is 11.0. The van der Waals surface area contributed by atoms with E-state index in [1.807, 2.05) is 20.8 Å². The van der Waals surface area contributed by atoms with Crippen molar-refractivity contribution in [2.45, 2.75) is 26.3 Å². The van der Waals surface area contributed by atoms with Crippen LogP contribution >= 0.6 is 0 Å². The highest BCUT2D eigenvalue weighted by Crippen LogP contribution is 2.15. The maximum atomic E-state index is 13.1. The van der Waals surface area contributed by atoms with Gasteiger partial charge in [0.1, 0.15) is 5.82 Å². The monoisotopic (exact) mass is 225 g/mol. The summed E-state index contributed by atoms with van der Waals surface area (Å²) in [6.45, 7) is 5.57. The van der Waals surface area contributed by atoms with Crippen LogP contribution in [-0.4, -0.2) is 11.6 Å². The molecular weight excluding hydrogens is 209 g/mol. The molecular formula is C11H16FN3O. The molecule has 4 N–H and O–H groups in total. The molecule has 1 rings (SSSR count). The van der Waals surface area contributed by atoms with Gasteiger partial charge < -0.3 is 16.4 Å². The highest BCUT2D eigenvalue weighted by atomic mass is 19.1. The maximum absolute atomic E-state index is 13.1. The van der Waals surface area contributed by atoms with Gasteiger partial charge in [-0.3, -0.25) is 0 Å². The first-order chi connectivity index (χ1) is 7.28. The Hall–Kier alpha value is -1.78. The lowest BCUT2D eigenvalue weighted by Crippen LogP contribution is -2.43. The van der Waals surface area contributed by atoms with Crippen LogP contribution in [0.15, 0.2) is 18.2 Å². The van der Waals surface area contributed by atoms with Gasteiger partial charge in [0.05, 0.1) is 5.69 Å². The van der Waals surface area contributed by atoms with E-state index in [1.54, 1.807) is 6.07 Å². The quantitative estimate of drug-likeness (QED) is 0.642. The molecule has 4 nitrogen and oxygen atoms in total. The van der Waals surface area contributed by atoms with Crippen LogP contribution in [0.25, 0.3) is 0 Å². The molecule has 0 fully saturated rings. The zero-order valence-corrected chi connectivity index (χ0v) is 9.60. The molecule has 5 heteroatoms. The van der Waals surface area contributed by atoms with E-state index in [0.29, 0.717) is 5.69 Å². The van der Waals surface area contributed by atoms with Crippen LogP contribution in [0.4, 0.5) is 20.6 Å². The van der Waals surface area contributed by atoms with Crippen molar-refractivity contribution in [1.29, 1.82) is 0 Å². The Labute approximate surface area is 94.0 Å². The number of anilines is 2. The van der Waals surface area contributed by atoms with Crippen molar-refractivity contribution < 1.29 is 9.18 Å². The third kappa shape index (κ3) is 3.76. The van der Waals surface area contributed by atoms with E-state index < -0.39 is 5.82 Å². The number of halogens is 1. The van der Waals surface area contributed by atoms with Gasteiger partial charge in [-0.1, -0.05) is 0 Å². The van der Waals surface area contributed by atoms with Crippen molar-refractivity contribution in [1.82, 2.24) is 5.32 Å². The average molecular weight is 225 g/mol. The number of hydrogen-bond donors (Lipinski definition) is 3. The number of hydrogen-bond acceptors (Lipinski definition) is 2. The molecule has 88 valence electrons. The summed E-state index contributed by atoms with van der Waals surface area (Å²) in [5, 5.41) is 5.22. The van der Waals surface area contributed by atoms with Gasteiger partial charge in [0.2, 0.25) is 0 Å². The van der Waals surface area contributed by atoms with Crippen LogP contribution in [0.3, 0.4) is 0 Å². The maximum Gasteiger partial charge on any atom is 0.319 e. The second kappa shape index (κ2) is 4.38. The number of rotatable bonds is 1. The number of urea groups is 1. The third-order valence-corrected chi connectivity index (χ3v) is 1.75. The standard InChI is InChI=1S/C11H16FN3O/c1-11(2,3)15-10(16)14-7-4-5-9(13)8(12)6-7/h4-6H,13H2,1-3H3,(H2,14,15,16). The van der Waals surface area contributed by atoms with Crippen LogP contribution in [0.1, 0.15) is 20.8 Å². The predicted molar refractivity (Wildman–Crippen MR) is 62.7 cm³/mol. The summed E-state index contributed by atoms with van der Waals surface area (Å²) < 4.78 is 13.1. The molecule has 0 aliphatic carbocycles. The minimum absolute atomic E-state index is 0.0572. The van der Waals surface area contributed by atoms with E-state index in [4.69, 9.17) is 5.73 Å². The molecule has 0 saturated heterocycles. The molecule has 0 atom stereocenters. The summed E-state index contributed by atoms with van der Waals surface area (Å²) in [4.78, 5) is 11.4. The van der Waals surface area contributed by atoms with Crippen molar-refractivity contribution in [3.63, 3.8) is 0 Å². The first-order valence-electron chi connectivity index (χ1n) is 4.92. The molecule has 0 aromatic heterocycles. The van der Waals surface area contributed by atoms with Gasteiger partial charge in [0, 0.05) is 11.2 Å². The topological polar surface area (TPSA) is 67.2 Å². The summed E-state index contributed by atoms with van der Waals surface area (Å²) in [7, 11) is 0. The molecule has 2 amide bonds. The molecule has 0 unspecified atom stereocenters. The fourth-order valence-electron chi connectivity index (χ4n) is 1.11. The summed E-state index contributed by atoms with van der Waals surface area (Å²) in [6, 6.07) is 3.75. The Bertz CT molecular complexity index is 399. The van der Waals surface area contributed by atoms with E-state index in [9.17, 15) is 9.18 Å². The number of nitrogen functional groups attached to an aromatic ring is 1. The molecule has 1 aromatic rings. The molecule has 16 heavy (non-hydrogen) atoms. The SMILES string of the molecule is CC(C)(C)NC(=O)Nc1ccc(N)c(F)c1. The molecule has 0 heterocycles. The summed E-state index contributed by atoms with van der Waals surface area (Å²) in [5.41, 5.74) is 5.41. The van der Waals surface area contributed by atoms with Gasteiger partial charge in [0.25, 0.3) is 0 Å². The highest BCUT2D eigenvalue weighted by molar-refractivity contribution is 5.89. The number of amides is 2. The van der Waals surface area contributed by atoms with Gasteiger partial charge in [-0.2, -0.15) is 0 Å². The Morgan fingerprint density at radius 2 is 2.00 bits per heavy atom. The number of carbonyl (C=O) groups excluding carboxylic acids is 1. The number of carbonyl (C=O) groups is 1. The zero-order valence-electron chi connectivity index (χ0n) is 9.60. The molecule has 0 bridgehead atoms. The van der Waals surface area contributed by atoms with Crippen LogP contribution in [0.5, 0.6) is 0 Å². The Kier molecular flexibility index (Phi) is 3.37. The van der Waals surface area contributed by atoms with Crippen LogP contribution in [-0.2, 0) is 0 Å². The molecule has 0 aliphatic rings. The van der Waals surface area contributed by atoms with Crippen LogP contribution in [0.2, 0.25) is 0 Å². The first-order valence-corrected chi connectivity index (χ1v) is 4.92. The van der Waals surface area contributed by atoms with Crippen molar-refractivity contribution in [2.24, 2.45) is 0 Å². The van der Waals surface area contributed by atoms with Gasteiger partial charge in [-0.15, -0.1) is 0 Å². The zero-order chi connectivity index (χ0) is 12.3. The second-order valence-corrected chi connectivity index (χ2v) is 4.57. The van der Waals surface area contributed by atoms with Gasteiger partial charge >= 0.3 is 6.03 Å². The third-order valence-electron chi connectivity index (χ3n) is 1.75. The molecule has 1 aromatic carbocycles. The summed E-state index contributed by atoms with van der Waals surface area (Å²) in [6.07, 6.45) is 0. The van der Waals surface area contributed by atoms with Crippen LogP contribution < -0.4 is 16.4 Å². The van der Waals surface area contributed by atoms with Crippen molar-refractivity contribution >= 4 is 17.4 Å². The molecule has 0 radical (unpaired) electrons. The largest absolute Gasteiger partial charge is 0.396 e. The smallest absolute Gasteiger partial charge is 0.319 e. The average Bonchev–Trinajstić information content (AvgIpc) is 2.08. The van der Waals surface area contributed by atoms with Crippen molar-refractivity contribution in [2.75, 3.05) is 11.1 Å². The van der Waals surface area contributed by atoms with E-state index in [2.05, 4.69) is 10.6 Å². The Morgan fingerprint density at radius 1 is 1.38 bits per heavy atom. The lowest BCUT2D eigenvalue weighted by atomic mass is 10.1. The first kappa shape index (κ1) is 12.3. The lowest BCUT2D eigenvalue weighted by Gasteiger charge is -2.20. The van der Waals surface area contributed by atoms with Crippen LogP contribution in [0, 0.1) is 5.82 Å².